The number of amides is 1. The number of sulfonamides is 1. The summed E-state index contributed by atoms with van der Waals surface area (Å²) in [5.74, 6) is 0.622. The molecule has 33 heavy (non-hydrogen) atoms. The van der Waals surface area contributed by atoms with Crippen molar-refractivity contribution in [2.75, 3.05) is 29.9 Å². The first-order valence-electron chi connectivity index (χ1n) is 10.6. The lowest BCUT2D eigenvalue weighted by Gasteiger charge is -2.24. The zero-order chi connectivity index (χ0) is 23.8. The third-order valence-corrected chi connectivity index (χ3v) is 6.67. The zero-order valence-corrected chi connectivity index (χ0v) is 19.8. The van der Waals surface area contributed by atoms with Crippen LogP contribution >= 0.6 is 0 Å². The third kappa shape index (κ3) is 6.04. The summed E-state index contributed by atoms with van der Waals surface area (Å²) >= 11 is 0. The Morgan fingerprint density at radius 1 is 0.970 bits per heavy atom. The number of hydrogen-bond donors (Lipinski definition) is 1. The molecule has 0 unspecified atom stereocenters. The molecule has 0 spiro atoms. The number of nitrogens with zero attached hydrogens (tertiary/aromatic N) is 1. The summed E-state index contributed by atoms with van der Waals surface area (Å²) in [6.45, 7) is 3.96. The van der Waals surface area contributed by atoms with E-state index in [2.05, 4.69) is 5.32 Å². The van der Waals surface area contributed by atoms with Crippen molar-refractivity contribution in [1.29, 1.82) is 0 Å². The van der Waals surface area contributed by atoms with Crippen molar-refractivity contribution in [1.82, 2.24) is 0 Å². The molecule has 0 bridgehead atoms. The van der Waals surface area contributed by atoms with E-state index in [1.54, 1.807) is 54.6 Å². The smallest absolute Gasteiger partial charge is 0.264 e. The highest BCUT2D eigenvalue weighted by Gasteiger charge is 2.27. The highest BCUT2D eigenvalue weighted by molar-refractivity contribution is 7.92. The lowest BCUT2D eigenvalue weighted by atomic mass is 10.2. The Balaban J connectivity index is 1.91. The van der Waals surface area contributed by atoms with Gasteiger partial charge in [-0.25, -0.2) is 8.42 Å². The average molecular weight is 469 g/mol. The normalized spacial score (nSPS) is 11.0. The zero-order valence-electron chi connectivity index (χ0n) is 18.9. The molecule has 0 heterocycles. The molecule has 3 aromatic rings. The van der Waals surface area contributed by atoms with Gasteiger partial charge in [-0.3, -0.25) is 9.10 Å². The molecule has 0 saturated heterocycles. The maximum absolute atomic E-state index is 13.5. The fourth-order valence-electron chi connectivity index (χ4n) is 3.13. The molecule has 0 saturated carbocycles. The molecule has 174 valence electrons. The Morgan fingerprint density at radius 2 is 1.64 bits per heavy atom. The summed E-state index contributed by atoms with van der Waals surface area (Å²) in [6, 6.07) is 20.1. The van der Waals surface area contributed by atoms with Gasteiger partial charge in [0.15, 0.2) is 0 Å². The molecule has 3 rings (SSSR count). The van der Waals surface area contributed by atoms with Crippen molar-refractivity contribution in [3.8, 4) is 11.5 Å². The highest BCUT2D eigenvalue weighted by atomic mass is 32.2. The molecule has 1 N–H and O–H groups in total. The molecule has 0 aliphatic rings. The number of anilines is 2. The van der Waals surface area contributed by atoms with Crippen LogP contribution < -0.4 is 19.1 Å². The number of benzene rings is 3. The Hall–Kier alpha value is -3.52. The van der Waals surface area contributed by atoms with Gasteiger partial charge in [-0.05, 0) is 61.9 Å². The minimum absolute atomic E-state index is 0.100. The molecule has 1 amide bonds. The second-order valence-electron chi connectivity index (χ2n) is 7.42. The second kappa shape index (κ2) is 10.9. The lowest BCUT2D eigenvalue weighted by molar-refractivity contribution is -0.114. The van der Waals surface area contributed by atoms with Crippen molar-refractivity contribution >= 4 is 27.3 Å². The van der Waals surface area contributed by atoms with Crippen molar-refractivity contribution in [2.45, 2.75) is 25.2 Å². The van der Waals surface area contributed by atoms with Gasteiger partial charge in [0.25, 0.3) is 10.0 Å². The quantitative estimate of drug-likeness (QED) is 0.469. The lowest BCUT2D eigenvalue weighted by Crippen LogP contribution is -2.38. The van der Waals surface area contributed by atoms with Crippen LogP contribution in [0.25, 0.3) is 0 Å². The Labute approximate surface area is 195 Å². The van der Waals surface area contributed by atoms with Gasteiger partial charge in [0.2, 0.25) is 5.91 Å². The van der Waals surface area contributed by atoms with Crippen LogP contribution in [0.5, 0.6) is 11.5 Å². The fraction of sp³-hybridized carbons (Fsp3) is 0.240. The Kier molecular flexibility index (Phi) is 7.95. The number of carbonyl (C=O) groups excluding carboxylic acids is 1. The largest absolute Gasteiger partial charge is 0.497 e. The van der Waals surface area contributed by atoms with Crippen LogP contribution in [-0.2, 0) is 14.8 Å². The number of aryl methyl sites for hydroxylation is 1. The number of rotatable bonds is 10. The molecule has 8 heteroatoms. The average Bonchev–Trinajstić information content (AvgIpc) is 2.82. The maximum Gasteiger partial charge on any atom is 0.264 e. The highest BCUT2D eigenvalue weighted by Crippen LogP contribution is 2.27. The van der Waals surface area contributed by atoms with E-state index >= 15 is 0 Å². The van der Waals surface area contributed by atoms with Crippen LogP contribution in [0.3, 0.4) is 0 Å². The number of carbonyl (C=O) groups is 1. The Bertz CT molecular complexity index is 1180. The summed E-state index contributed by atoms with van der Waals surface area (Å²) < 4.78 is 38.9. The summed E-state index contributed by atoms with van der Waals surface area (Å²) in [4.78, 5) is 13.1. The van der Waals surface area contributed by atoms with Gasteiger partial charge in [0.05, 0.1) is 30.0 Å². The monoisotopic (exact) mass is 468 g/mol. The Morgan fingerprint density at radius 3 is 2.27 bits per heavy atom. The molecule has 0 aromatic heterocycles. The van der Waals surface area contributed by atoms with E-state index in [-0.39, 0.29) is 4.90 Å². The van der Waals surface area contributed by atoms with E-state index in [0.717, 1.165) is 16.3 Å². The van der Waals surface area contributed by atoms with Crippen molar-refractivity contribution in [3.63, 3.8) is 0 Å². The fourth-order valence-corrected chi connectivity index (χ4v) is 4.55. The maximum atomic E-state index is 13.5. The first-order chi connectivity index (χ1) is 15.8. The number of hydrogen-bond acceptors (Lipinski definition) is 5. The summed E-state index contributed by atoms with van der Waals surface area (Å²) in [6.07, 6.45) is 0.822. The predicted octanol–water partition coefficient (Wildman–Crippen LogP) is 4.63. The molecule has 3 aromatic carbocycles. The van der Waals surface area contributed by atoms with Crippen molar-refractivity contribution in [2.24, 2.45) is 0 Å². The second-order valence-corrected chi connectivity index (χ2v) is 9.28. The standard InChI is InChI=1S/C25H28N2O5S/c1-4-17-32-24-8-6-5-7-23(24)26-25(28)18-27(20-11-13-21(31-3)14-12-20)33(29,30)22-15-9-19(2)10-16-22/h5-16H,4,17-18H2,1-3H3,(H,26,28). The van der Waals surface area contributed by atoms with E-state index in [1.807, 2.05) is 19.9 Å². The van der Waals surface area contributed by atoms with Gasteiger partial charge in [0, 0.05) is 0 Å². The topological polar surface area (TPSA) is 84.9 Å². The van der Waals surface area contributed by atoms with Gasteiger partial charge in [0.1, 0.15) is 18.0 Å². The van der Waals surface area contributed by atoms with E-state index in [4.69, 9.17) is 9.47 Å². The minimum Gasteiger partial charge on any atom is -0.497 e. The van der Waals surface area contributed by atoms with Crippen LogP contribution in [0.15, 0.2) is 77.7 Å². The van der Waals surface area contributed by atoms with E-state index < -0.39 is 22.5 Å². The van der Waals surface area contributed by atoms with Gasteiger partial charge in [-0.2, -0.15) is 0 Å². The molecule has 0 aliphatic carbocycles. The first kappa shape index (κ1) is 24.1. The first-order valence-corrected chi connectivity index (χ1v) is 12.0. The SMILES string of the molecule is CCCOc1ccccc1NC(=O)CN(c1ccc(OC)cc1)S(=O)(=O)c1ccc(C)cc1. The van der Waals surface area contributed by atoms with E-state index in [1.165, 1.54) is 19.2 Å². The predicted molar refractivity (Wildman–Crippen MR) is 130 cm³/mol. The third-order valence-electron chi connectivity index (χ3n) is 4.88. The molecule has 0 aliphatic heterocycles. The van der Waals surface area contributed by atoms with Crippen LogP contribution in [-0.4, -0.2) is 34.6 Å². The number of ether oxygens (including phenoxy) is 2. The minimum atomic E-state index is -4.00. The van der Waals surface area contributed by atoms with Gasteiger partial charge in [-0.15, -0.1) is 0 Å². The summed E-state index contributed by atoms with van der Waals surface area (Å²) in [5.41, 5.74) is 1.77. The summed E-state index contributed by atoms with van der Waals surface area (Å²) in [5, 5.41) is 2.78. The number of para-hydroxylation sites is 2. The van der Waals surface area contributed by atoms with Gasteiger partial charge < -0.3 is 14.8 Å². The van der Waals surface area contributed by atoms with Crippen molar-refractivity contribution < 1.29 is 22.7 Å². The molecule has 0 radical (unpaired) electrons. The van der Waals surface area contributed by atoms with Crippen LogP contribution in [0.4, 0.5) is 11.4 Å². The number of methoxy groups -OCH3 is 1. The van der Waals surface area contributed by atoms with Crippen LogP contribution in [0.2, 0.25) is 0 Å². The van der Waals surface area contributed by atoms with E-state index in [0.29, 0.717) is 29.5 Å². The molecular weight excluding hydrogens is 440 g/mol. The van der Waals surface area contributed by atoms with E-state index in [9.17, 15) is 13.2 Å². The number of nitrogens with one attached hydrogen (secondary N) is 1. The van der Waals surface area contributed by atoms with Gasteiger partial charge in [-0.1, -0.05) is 36.8 Å². The van der Waals surface area contributed by atoms with Crippen molar-refractivity contribution in [3.05, 3.63) is 78.4 Å². The molecule has 0 fully saturated rings. The molecule has 7 nitrogen and oxygen atoms in total. The molecule has 0 atom stereocenters. The molecular formula is C25H28N2O5S. The summed E-state index contributed by atoms with van der Waals surface area (Å²) in [7, 11) is -2.47. The van der Waals surface area contributed by atoms with Gasteiger partial charge >= 0.3 is 0 Å². The van der Waals surface area contributed by atoms with Crippen LogP contribution in [0.1, 0.15) is 18.9 Å². The van der Waals surface area contributed by atoms with Crippen LogP contribution in [0, 0.1) is 6.92 Å².